The van der Waals surface area contributed by atoms with E-state index in [-0.39, 0.29) is 27.0 Å². The van der Waals surface area contributed by atoms with Gasteiger partial charge in [0.15, 0.2) is 15.5 Å². The van der Waals surface area contributed by atoms with Crippen LogP contribution >= 0.6 is 0 Å². The summed E-state index contributed by atoms with van der Waals surface area (Å²) in [4.78, 5) is 3.38. The van der Waals surface area contributed by atoms with Crippen molar-refractivity contribution in [1.29, 1.82) is 0 Å². The van der Waals surface area contributed by atoms with Gasteiger partial charge in [0.1, 0.15) is 43.7 Å². The van der Waals surface area contributed by atoms with Gasteiger partial charge in [-0.2, -0.15) is 0 Å². The van der Waals surface area contributed by atoms with Crippen LogP contribution in [0.1, 0.15) is 47.1 Å². The number of para-hydroxylation sites is 1. The lowest BCUT2D eigenvalue weighted by Gasteiger charge is -2.21. The van der Waals surface area contributed by atoms with Gasteiger partial charge in [-0.1, -0.05) is 29.8 Å². The van der Waals surface area contributed by atoms with Crippen LogP contribution in [0, 0.1) is 6.92 Å². The predicted molar refractivity (Wildman–Crippen MR) is 168 cm³/mol. The lowest BCUT2D eigenvalue weighted by atomic mass is 10.2. The number of rotatable bonds is 7. The van der Waals surface area contributed by atoms with E-state index in [1.165, 1.54) is 21.9 Å². The summed E-state index contributed by atoms with van der Waals surface area (Å²) in [7, 11) is -2.87. The third-order valence-corrected chi connectivity index (χ3v) is 8.68. The fourth-order valence-corrected chi connectivity index (χ4v) is 6.51. The molecule has 0 radical (unpaired) electrons. The molecule has 4 aromatic rings. The Morgan fingerprint density at radius 2 is 1.07 bits per heavy atom. The number of benzene rings is 4. The summed E-state index contributed by atoms with van der Waals surface area (Å²) >= 11 is 0. The van der Waals surface area contributed by atoms with Gasteiger partial charge in [0.25, 0.3) is 0 Å². The van der Waals surface area contributed by atoms with E-state index in [1.54, 1.807) is 19.2 Å². The second-order valence-electron chi connectivity index (χ2n) is 11.6. The van der Waals surface area contributed by atoms with Crippen LogP contribution in [0.2, 0.25) is 0 Å². The van der Waals surface area contributed by atoms with Gasteiger partial charge in [-0.3, -0.25) is 0 Å². The van der Waals surface area contributed by atoms with E-state index in [1.807, 2.05) is 43.3 Å². The molecule has 0 aliphatic carbocycles. The van der Waals surface area contributed by atoms with Crippen LogP contribution in [0.15, 0.2) is 117 Å². The zero-order valence-electron chi connectivity index (χ0n) is 25.5. The standard InChI is InChI=1S/C27H33O3S.C7H8O3S/c1-26(2,3)29-20-12-16-22(17-13-20)31(25-11-9-8-10-24(25)28-7)23-18-14-21(15-19-23)30-27(4,5)6;1-6-2-4-7(5-3-6)11(8,9)10/h8-19H,1-7H3;2-5H,1H3,(H,8,9,10)/q+1;/p-1. The lowest BCUT2D eigenvalue weighted by Crippen LogP contribution is -2.23. The van der Waals surface area contributed by atoms with Gasteiger partial charge in [0.2, 0.25) is 4.90 Å². The number of hydrogen-bond donors (Lipinski definition) is 0. The number of methoxy groups -OCH3 is 1. The molecule has 0 spiro atoms. The van der Waals surface area contributed by atoms with Crippen molar-refractivity contribution in [1.82, 2.24) is 0 Å². The maximum Gasteiger partial charge on any atom is 0.208 e. The zero-order valence-corrected chi connectivity index (χ0v) is 27.1. The van der Waals surface area contributed by atoms with Gasteiger partial charge in [-0.25, -0.2) is 8.42 Å². The van der Waals surface area contributed by atoms with Crippen molar-refractivity contribution < 1.29 is 27.2 Å². The number of ether oxygens (including phenoxy) is 3. The van der Waals surface area contributed by atoms with Crippen LogP contribution in [-0.2, 0) is 21.0 Å². The molecule has 0 aromatic heterocycles. The molecule has 42 heavy (non-hydrogen) atoms. The second kappa shape index (κ2) is 13.7. The highest BCUT2D eigenvalue weighted by atomic mass is 32.2. The van der Waals surface area contributed by atoms with Crippen molar-refractivity contribution in [3.05, 3.63) is 103 Å². The summed E-state index contributed by atoms with van der Waals surface area (Å²) in [5, 5.41) is 0. The van der Waals surface area contributed by atoms with E-state index >= 15 is 0 Å². The van der Waals surface area contributed by atoms with E-state index in [4.69, 9.17) is 14.2 Å². The summed E-state index contributed by atoms with van der Waals surface area (Å²) < 4.78 is 48.9. The molecule has 0 saturated carbocycles. The van der Waals surface area contributed by atoms with Crippen molar-refractivity contribution in [2.75, 3.05) is 7.11 Å². The Morgan fingerprint density at radius 3 is 1.45 bits per heavy atom. The normalized spacial score (nSPS) is 11.9. The Kier molecular flexibility index (Phi) is 10.8. The molecule has 4 aromatic carbocycles. The van der Waals surface area contributed by atoms with Crippen LogP contribution in [0.4, 0.5) is 0 Å². The molecule has 224 valence electrons. The summed E-state index contributed by atoms with van der Waals surface area (Å²) in [5.74, 6) is 2.62. The van der Waals surface area contributed by atoms with E-state index in [2.05, 4.69) is 77.9 Å². The number of hydrogen-bond acceptors (Lipinski definition) is 6. The topological polar surface area (TPSA) is 84.9 Å². The van der Waals surface area contributed by atoms with Crippen LogP contribution < -0.4 is 14.2 Å². The lowest BCUT2D eigenvalue weighted by molar-refractivity contribution is 0.130. The van der Waals surface area contributed by atoms with Gasteiger partial charge in [-0.15, -0.1) is 0 Å². The van der Waals surface area contributed by atoms with E-state index in [0.717, 1.165) is 27.7 Å². The fourth-order valence-electron chi connectivity index (χ4n) is 3.88. The Bertz CT molecular complexity index is 1470. The van der Waals surface area contributed by atoms with Gasteiger partial charge < -0.3 is 18.8 Å². The largest absolute Gasteiger partial charge is 0.744 e. The quantitative estimate of drug-likeness (QED) is 0.156. The minimum atomic E-state index is -4.27. The maximum atomic E-state index is 10.4. The third-order valence-electron chi connectivity index (χ3n) is 5.57. The Morgan fingerprint density at radius 1 is 0.643 bits per heavy atom. The van der Waals surface area contributed by atoms with Crippen molar-refractivity contribution in [3.63, 3.8) is 0 Å². The SMILES string of the molecule is COc1ccccc1[S+](c1ccc(OC(C)(C)C)cc1)c1ccc(OC(C)(C)C)cc1.Cc1ccc(S(=O)(=O)[O-])cc1. The highest BCUT2D eigenvalue weighted by molar-refractivity contribution is 7.97. The minimum Gasteiger partial charge on any atom is -0.744 e. The third kappa shape index (κ3) is 10.1. The van der Waals surface area contributed by atoms with Gasteiger partial charge in [0.05, 0.1) is 12.0 Å². The average molecular weight is 609 g/mol. The molecular formula is C34H40O6S2. The molecule has 0 amide bonds. The van der Waals surface area contributed by atoms with Crippen LogP contribution in [0.5, 0.6) is 17.2 Å². The van der Waals surface area contributed by atoms with Gasteiger partial charge in [0, 0.05) is 0 Å². The first-order chi connectivity index (χ1) is 19.6. The minimum absolute atomic E-state index is 0.178. The summed E-state index contributed by atoms with van der Waals surface area (Å²) in [5.41, 5.74) is 0.473. The van der Waals surface area contributed by atoms with E-state index in [0.29, 0.717) is 0 Å². The number of aryl methyl sites for hydroxylation is 1. The molecule has 0 fully saturated rings. The van der Waals surface area contributed by atoms with Crippen molar-refractivity contribution in [2.24, 2.45) is 0 Å². The molecule has 0 bridgehead atoms. The van der Waals surface area contributed by atoms with Crippen LogP contribution in [-0.4, -0.2) is 31.3 Å². The van der Waals surface area contributed by atoms with E-state index in [9.17, 15) is 13.0 Å². The molecule has 0 aliphatic rings. The fraction of sp³-hybridized carbons (Fsp3) is 0.294. The highest BCUT2D eigenvalue weighted by Gasteiger charge is 2.32. The van der Waals surface area contributed by atoms with Gasteiger partial charge in [-0.05, 0) is 121 Å². The molecule has 0 heterocycles. The summed E-state index contributed by atoms with van der Waals surface area (Å²) in [6.07, 6.45) is 0. The molecular weight excluding hydrogens is 569 g/mol. The molecule has 0 unspecified atom stereocenters. The predicted octanol–water partition coefficient (Wildman–Crippen LogP) is 8.04. The highest BCUT2D eigenvalue weighted by Crippen LogP contribution is 2.38. The molecule has 8 heteroatoms. The molecule has 0 N–H and O–H groups in total. The smallest absolute Gasteiger partial charge is 0.208 e. The summed E-state index contributed by atoms with van der Waals surface area (Å²) in [6.45, 7) is 14.2. The van der Waals surface area contributed by atoms with E-state index < -0.39 is 10.1 Å². The molecule has 0 saturated heterocycles. The molecule has 0 atom stereocenters. The van der Waals surface area contributed by atoms with Crippen molar-refractivity contribution >= 4 is 21.0 Å². The average Bonchev–Trinajstić information content (AvgIpc) is 2.89. The van der Waals surface area contributed by atoms with Crippen LogP contribution in [0.25, 0.3) is 0 Å². The van der Waals surface area contributed by atoms with Gasteiger partial charge >= 0.3 is 0 Å². The van der Waals surface area contributed by atoms with Crippen molar-refractivity contribution in [2.45, 2.75) is 79.3 Å². The van der Waals surface area contributed by atoms with Crippen molar-refractivity contribution in [3.8, 4) is 17.2 Å². The first kappa shape index (κ1) is 33.0. The monoisotopic (exact) mass is 608 g/mol. The second-order valence-corrected chi connectivity index (χ2v) is 15.0. The van der Waals surface area contributed by atoms with Crippen LogP contribution in [0.3, 0.4) is 0 Å². The maximum absolute atomic E-state index is 10.4. The summed E-state index contributed by atoms with van der Waals surface area (Å²) in [6, 6.07) is 30.8. The Labute approximate surface area is 253 Å². The first-order valence-corrected chi connectivity index (χ1v) is 16.2. The molecule has 6 nitrogen and oxygen atoms in total. The zero-order chi connectivity index (χ0) is 31.1. The Balaban J connectivity index is 0.000000369. The Hall–Kier alpha value is -3.46. The molecule has 0 aliphatic heterocycles. The first-order valence-electron chi connectivity index (χ1n) is 13.5. The molecule has 4 rings (SSSR count).